The molecule has 0 spiro atoms. The highest BCUT2D eigenvalue weighted by Crippen LogP contribution is 2.15. The van der Waals surface area contributed by atoms with E-state index in [1.165, 1.54) is 17.0 Å². The van der Waals surface area contributed by atoms with Crippen molar-refractivity contribution in [1.29, 1.82) is 0 Å². The number of rotatable bonds is 2. The third-order valence-electron chi connectivity index (χ3n) is 3.15. The number of ether oxygens (including phenoxy) is 1. The highest BCUT2D eigenvalue weighted by atomic mass is 19.1. The van der Waals surface area contributed by atoms with Gasteiger partial charge in [0, 0.05) is 6.54 Å². The summed E-state index contributed by atoms with van der Waals surface area (Å²) in [6, 6.07) is 4.38. The molecule has 1 aromatic carbocycles. The van der Waals surface area contributed by atoms with Gasteiger partial charge >= 0.3 is 0 Å². The van der Waals surface area contributed by atoms with E-state index in [9.17, 15) is 9.18 Å². The van der Waals surface area contributed by atoms with E-state index >= 15 is 0 Å². The van der Waals surface area contributed by atoms with Gasteiger partial charge in [-0.15, -0.1) is 0 Å². The largest absolute Gasteiger partial charge is 0.409 e. The molecule has 1 saturated heterocycles. The number of oxime groups is 1. The first-order chi connectivity index (χ1) is 9.52. The van der Waals surface area contributed by atoms with Gasteiger partial charge in [-0.25, -0.2) is 4.39 Å². The molecule has 1 heterocycles. The highest BCUT2D eigenvalue weighted by molar-refractivity contribution is 5.95. The number of amidine groups is 1. The van der Waals surface area contributed by atoms with Crippen LogP contribution in [-0.2, 0) is 4.74 Å². The first-order valence-corrected chi connectivity index (χ1v) is 6.17. The fraction of sp³-hybridized carbons (Fsp3) is 0.385. The molecule has 0 saturated carbocycles. The summed E-state index contributed by atoms with van der Waals surface area (Å²) in [5.41, 5.74) is 6.29. The second-order valence-corrected chi connectivity index (χ2v) is 4.62. The Labute approximate surface area is 115 Å². The molecule has 3 N–H and O–H groups in total. The van der Waals surface area contributed by atoms with Crippen molar-refractivity contribution in [2.75, 3.05) is 19.7 Å². The van der Waals surface area contributed by atoms with Crippen LogP contribution in [0.25, 0.3) is 0 Å². The summed E-state index contributed by atoms with van der Waals surface area (Å²) in [6.07, 6.45) is -0.675. The number of aryl methyl sites for hydroxylation is 1. The van der Waals surface area contributed by atoms with E-state index in [1.807, 2.05) is 0 Å². The van der Waals surface area contributed by atoms with E-state index in [2.05, 4.69) is 5.16 Å². The molecule has 108 valence electrons. The van der Waals surface area contributed by atoms with E-state index in [-0.39, 0.29) is 24.6 Å². The number of carbonyl (C=O) groups is 1. The first-order valence-electron chi connectivity index (χ1n) is 6.17. The molecule has 1 aromatic rings. The fourth-order valence-corrected chi connectivity index (χ4v) is 2.05. The maximum atomic E-state index is 13.7. The number of benzene rings is 1. The molecule has 0 radical (unpaired) electrons. The molecule has 6 nitrogen and oxygen atoms in total. The van der Waals surface area contributed by atoms with Gasteiger partial charge in [0.1, 0.15) is 11.9 Å². The Morgan fingerprint density at radius 1 is 1.60 bits per heavy atom. The van der Waals surface area contributed by atoms with Crippen molar-refractivity contribution < 1.29 is 19.1 Å². The van der Waals surface area contributed by atoms with Crippen molar-refractivity contribution >= 4 is 11.7 Å². The van der Waals surface area contributed by atoms with Crippen molar-refractivity contribution in [2.45, 2.75) is 13.0 Å². The third-order valence-corrected chi connectivity index (χ3v) is 3.15. The number of hydrogen-bond acceptors (Lipinski definition) is 4. The van der Waals surface area contributed by atoms with Crippen LogP contribution in [0, 0.1) is 12.7 Å². The topological polar surface area (TPSA) is 88.2 Å². The van der Waals surface area contributed by atoms with Crippen LogP contribution in [0.2, 0.25) is 0 Å². The van der Waals surface area contributed by atoms with Gasteiger partial charge in [-0.1, -0.05) is 16.8 Å². The molecule has 1 fully saturated rings. The number of nitrogens with two attached hydrogens (primary N) is 1. The molecule has 0 aromatic heterocycles. The van der Waals surface area contributed by atoms with Crippen LogP contribution in [0.3, 0.4) is 0 Å². The van der Waals surface area contributed by atoms with Crippen molar-refractivity contribution in [2.24, 2.45) is 10.9 Å². The van der Waals surface area contributed by atoms with Crippen molar-refractivity contribution in [1.82, 2.24) is 4.90 Å². The lowest BCUT2D eigenvalue weighted by atomic mass is 10.1. The molecule has 1 amide bonds. The predicted molar refractivity (Wildman–Crippen MR) is 70.2 cm³/mol. The zero-order chi connectivity index (χ0) is 14.7. The molecule has 1 aliphatic heterocycles. The number of amides is 1. The Morgan fingerprint density at radius 2 is 2.35 bits per heavy atom. The molecule has 1 atom stereocenters. The molecule has 1 unspecified atom stereocenters. The third kappa shape index (κ3) is 2.88. The summed E-state index contributed by atoms with van der Waals surface area (Å²) in [7, 11) is 0. The van der Waals surface area contributed by atoms with Gasteiger partial charge in [0.15, 0.2) is 5.84 Å². The van der Waals surface area contributed by atoms with Crippen LogP contribution in [0.4, 0.5) is 4.39 Å². The van der Waals surface area contributed by atoms with E-state index in [0.717, 1.165) is 5.56 Å². The fourth-order valence-electron chi connectivity index (χ4n) is 2.05. The number of morpholine rings is 1. The van der Waals surface area contributed by atoms with Gasteiger partial charge in [-0.2, -0.15) is 0 Å². The van der Waals surface area contributed by atoms with Crippen molar-refractivity contribution in [3.8, 4) is 0 Å². The molecule has 0 aliphatic carbocycles. The standard InChI is InChI=1S/C13H16FN3O3/c1-8-2-3-10(14)9(6-8)13(18)17-4-5-20-11(7-17)12(15)16-19/h2-3,6,11,19H,4-5,7H2,1H3,(H2,15,16). The lowest BCUT2D eigenvalue weighted by molar-refractivity contribution is 0.00654. The summed E-state index contributed by atoms with van der Waals surface area (Å²) in [5, 5.41) is 11.5. The maximum absolute atomic E-state index is 13.7. The second-order valence-electron chi connectivity index (χ2n) is 4.62. The lowest BCUT2D eigenvalue weighted by Gasteiger charge is -2.32. The zero-order valence-corrected chi connectivity index (χ0v) is 11.0. The number of hydrogen-bond donors (Lipinski definition) is 2. The van der Waals surface area contributed by atoms with Crippen molar-refractivity contribution in [3.05, 3.63) is 35.1 Å². The molecule has 2 rings (SSSR count). The maximum Gasteiger partial charge on any atom is 0.257 e. The Hall–Kier alpha value is -2.15. The first kappa shape index (κ1) is 14.3. The predicted octanol–water partition coefficient (Wildman–Crippen LogP) is 0.722. The minimum atomic E-state index is -0.675. The minimum Gasteiger partial charge on any atom is -0.409 e. The average molecular weight is 281 g/mol. The lowest BCUT2D eigenvalue weighted by Crippen LogP contribution is -2.50. The average Bonchev–Trinajstić information content (AvgIpc) is 2.48. The molecule has 1 aliphatic rings. The Balaban J connectivity index is 2.18. The Morgan fingerprint density at radius 3 is 3.05 bits per heavy atom. The van der Waals surface area contributed by atoms with Crippen LogP contribution in [0.15, 0.2) is 23.4 Å². The van der Waals surface area contributed by atoms with Crippen LogP contribution >= 0.6 is 0 Å². The summed E-state index contributed by atoms with van der Waals surface area (Å²) in [6.45, 7) is 2.50. The summed E-state index contributed by atoms with van der Waals surface area (Å²) < 4.78 is 19.0. The van der Waals surface area contributed by atoms with Gasteiger partial charge in [-0.05, 0) is 19.1 Å². The zero-order valence-electron chi connectivity index (χ0n) is 11.0. The monoisotopic (exact) mass is 281 g/mol. The van der Waals surface area contributed by atoms with Crippen LogP contribution in [-0.4, -0.2) is 47.7 Å². The van der Waals surface area contributed by atoms with Gasteiger partial charge in [-0.3, -0.25) is 4.79 Å². The smallest absolute Gasteiger partial charge is 0.257 e. The SMILES string of the molecule is Cc1ccc(F)c(C(=O)N2CCOC(C(N)=NO)C2)c1. The van der Waals surface area contributed by atoms with Gasteiger partial charge in [0.05, 0.1) is 18.7 Å². The number of nitrogens with zero attached hydrogens (tertiary/aromatic N) is 2. The van der Waals surface area contributed by atoms with E-state index < -0.39 is 17.8 Å². The molecule has 7 heteroatoms. The molecule has 0 bridgehead atoms. The Bertz CT molecular complexity index is 548. The van der Waals surface area contributed by atoms with Crippen molar-refractivity contribution in [3.63, 3.8) is 0 Å². The van der Waals surface area contributed by atoms with E-state index in [4.69, 9.17) is 15.7 Å². The summed E-state index contributed by atoms with van der Waals surface area (Å²) in [4.78, 5) is 13.8. The Kier molecular flexibility index (Phi) is 4.19. The van der Waals surface area contributed by atoms with Crippen LogP contribution in [0.1, 0.15) is 15.9 Å². The normalized spacial score (nSPS) is 20.0. The van der Waals surface area contributed by atoms with E-state index in [0.29, 0.717) is 6.54 Å². The van der Waals surface area contributed by atoms with Crippen LogP contribution < -0.4 is 5.73 Å². The van der Waals surface area contributed by atoms with Gasteiger partial charge < -0.3 is 20.6 Å². The van der Waals surface area contributed by atoms with Crippen LogP contribution in [0.5, 0.6) is 0 Å². The summed E-state index contributed by atoms with van der Waals surface area (Å²) >= 11 is 0. The number of halogens is 1. The molecule has 20 heavy (non-hydrogen) atoms. The highest BCUT2D eigenvalue weighted by Gasteiger charge is 2.28. The van der Waals surface area contributed by atoms with Gasteiger partial charge in [0.2, 0.25) is 0 Å². The van der Waals surface area contributed by atoms with Gasteiger partial charge in [0.25, 0.3) is 5.91 Å². The summed E-state index contributed by atoms with van der Waals surface area (Å²) in [5.74, 6) is -1.09. The molecular weight excluding hydrogens is 265 g/mol. The van der Waals surface area contributed by atoms with E-state index in [1.54, 1.807) is 13.0 Å². The quantitative estimate of drug-likeness (QED) is 0.362. The molecular formula is C13H16FN3O3. The number of carbonyl (C=O) groups excluding carboxylic acids is 1. The second kappa shape index (κ2) is 5.87. The minimum absolute atomic E-state index is 0.0187.